The van der Waals surface area contributed by atoms with Crippen LogP contribution < -0.4 is 0 Å². The molecule has 0 aromatic carbocycles. The van der Waals surface area contributed by atoms with Crippen molar-refractivity contribution in [2.24, 2.45) is 10.9 Å². The highest BCUT2D eigenvalue weighted by molar-refractivity contribution is 5.68. The lowest BCUT2D eigenvalue weighted by Gasteiger charge is -2.20. The van der Waals surface area contributed by atoms with E-state index in [9.17, 15) is 4.79 Å². The maximum absolute atomic E-state index is 10.7. The number of aliphatic imine (C=N–C) groups is 1. The Kier molecular flexibility index (Phi) is 1.34. The lowest BCUT2D eigenvalue weighted by atomic mass is 9.99. The summed E-state index contributed by atoms with van der Waals surface area (Å²) in [7, 11) is 0. The number of hydrogen-bond acceptors (Lipinski definition) is 4. The molecule has 3 unspecified atom stereocenters. The lowest BCUT2D eigenvalue weighted by molar-refractivity contribution is 0.111. The molecule has 0 N–H and O–H groups in total. The van der Waals surface area contributed by atoms with Crippen LogP contribution in [-0.4, -0.2) is 31.1 Å². The number of nitrogens with zero attached hydrogens (tertiary/aromatic N) is 1. The van der Waals surface area contributed by atoms with Gasteiger partial charge in [0.2, 0.25) is 0 Å². The van der Waals surface area contributed by atoms with Crippen LogP contribution in [0, 0.1) is 5.92 Å². The number of fused-ring (bicyclic) bond motifs is 1. The average molecular weight is 155 g/mol. The second-order valence-electron chi connectivity index (χ2n) is 2.86. The third kappa shape index (κ3) is 0.982. The van der Waals surface area contributed by atoms with Crippen LogP contribution in [0.15, 0.2) is 4.99 Å². The highest BCUT2D eigenvalue weighted by Crippen LogP contribution is 2.24. The van der Waals surface area contributed by atoms with E-state index in [0.29, 0.717) is 6.54 Å². The van der Waals surface area contributed by atoms with Gasteiger partial charge in [-0.3, -0.25) is 4.99 Å². The first kappa shape index (κ1) is 6.64. The van der Waals surface area contributed by atoms with Crippen molar-refractivity contribution in [2.75, 3.05) is 6.54 Å². The minimum atomic E-state index is -0.558. The molecule has 2 rings (SSSR count). The smallest absolute Gasteiger partial charge is 0.426 e. The number of carbonyl (C=O) groups excluding carboxylic acids is 1. The first-order valence-electron chi connectivity index (χ1n) is 3.64. The van der Waals surface area contributed by atoms with Gasteiger partial charge in [-0.25, -0.2) is 4.79 Å². The molecule has 0 radical (unpaired) electrons. The van der Waals surface area contributed by atoms with Crippen LogP contribution in [0.25, 0.3) is 0 Å². The van der Waals surface area contributed by atoms with E-state index in [1.807, 2.05) is 13.1 Å². The van der Waals surface area contributed by atoms with Crippen LogP contribution in [0.2, 0.25) is 0 Å². The van der Waals surface area contributed by atoms with Gasteiger partial charge in [-0.2, -0.15) is 0 Å². The SMILES string of the molecule is CC1C=NCC2OC(=O)OC12. The molecule has 0 aliphatic carbocycles. The molecular formula is C7H9NO3. The van der Waals surface area contributed by atoms with Gasteiger partial charge in [-0.15, -0.1) is 0 Å². The van der Waals surface area contributed by atoms with Crippen LogP contribution in [0.5, 0.6) is 0 Å². The van der Waals surface area contributed by atoms with Gasteiger partial charge in [0.25, 0.3) is 0 Å². The van der Waals surface area contributed by atoms with E-state index in [2.05, 4.69) is 4.99 Å². The van der Waals surface area contributed by atoms with Crippen molar-refractivity contribution >= 4 is 12.4 Å². The Bertz CT molecular complexity index is 214. The molecule has 0 aromatic heterocycles. The van der Waals surface area contributed by atoms with E-state index < -0.39 is 6.16 Å². The quantitative estimate of drug-likeness (QED) is 0.481. The van der Waals surface area contributed by atoms with Crippen molar-refractivity contribution in [3.8, 4) is 0 Å². The van der Waals surface area contributed by atoms with Crippen molar-refractivity contribution in [3.63, 3.8) is 0 Å². The number of rotatable bonds is 0. The Morgan fingerprint density at radius 1 is 1.64 bits per heavy atom. The molecule has 2 aliphatic rings. The Hall–Kier alpha value is -1.06. The minimum Gasteiger partial charge on any atom is -0.426 e. The Morgan fingerprint density at radius 3 is 3.18 bits per heavy atom. The summed E-state index contributed by atoms with van der Waals surface area (Å²) in [6, 6.07) is 0. The molecule has 2 aliphatic heterocycles. The van der Waals surface area contributed by atoms with E-state index in [4.69, 9.17) is 9.47 Å². The minimum absolute atomic E-state index is 0.111. The van der Waals surface area contributed by atoms with Gasteiger partial charge < -0.3 is 9.47 Å². The van der Waals surface area contributed by atoms with Crippen molar-refractivity contribution in [1.29, 1.82) is 0 Å². The van der Waals surface area contributed by atoms with Gasteiger partial charge in [0, 0.05) is 12.1 Å². The monoisotopic (exact) mass is 155 g/mol. The Labute approximate surface area is 64.2 Å². The number of carbonyl (C=O) groups is 1. The number of ether oxygens (including phenoxy) is 2. The van der Waals surface area contributed by atoms with E-state index in [1.165, 1.54) is 0 Å². The average Bonchev–Trinajstić information content (AvgIpc) is 2.31. The first-order chi connectivity index (χ1) is 5.27. The van der Waals surface area contributed by atoms with E-state index in [0.717, 1.165) is 0 Å². The van der Waals surface area contributed by atoms with Gasteiger partial charge in [-0.05, 0) is 0 Å². The van der Waals surface area contributed by atoms with Crippen molar-refractivity contribution in [3.05, 3.63) is 0 Å². The summed E-state index contributed by atoms with van der Waals surface area (Å²) in [5.41, 5.74) is 0. The zero-order valence-corrected chi connectivity index (χ0v) is 6.19. The molecule has 3 atom stereocenters. The van der Waals surface area contributed by atoms with E-state index >= 15 is 0 Å². The maximum Gasteiger partial charge on any atom is 0.509 e. The predicted octanol–water partition coefficient (Wildman–Crippen LogP) is 0.611. The van der Waals surface area contributed by atoms with Gasteiger partial charge >= 0.3 is 6.16 Å². The summed E-state index contributed by atoms with van der Waals surface area (Å²) in [5.74, 6) is 0.181. The van der Waals surface area contributed by atoms with Crippen LogP contribution in [-0.2, 0) is 9.47 Å². The lowest BCUT2D eigenvalue weighted by Crippen LogP contribution is -2.35. The van der Waals surface area contributed by atoms with Crippen LogP contribution in [0.1, 0.15) is 6.92 Å². The van der Waals surface area contributed by atoms with E-state index in [1.54, 1.807) is 0 Å². The molecule has 4 heteroatoms. The second-order valence-corrected chi connectivity index (χ2v) is 2.86. The number of hydrogen-bond donors (Lipinski definition) is 0. The fraction of sp³-hybridized carbons (Fsp3) is 0.714. The molecule has 4 nitrogen and oxygen atoms in total. The molecule has 0 bridgehead atoms. The normalized spacial score (nSPS) is 41.2. The summed E-state index contributed by atoms with van der Waals surface area (Å²) < 4.78 is 9.79. The summed E-state index contributed by atoms with van der Waals surface area (Å²) >= 11 is 0. The fourth-order valence-corrected chi connectivity index (χ4v) is 1.41. The first-order valence-corrected chi connectivity index (χ1v) is 3.64. The third-order valence-electron chi connectivity index (χ3n) is 1.99. The molecule has 0 amide bonds. The summed E-state index contributed by atoms with van der Waals surface area (Å²) in [4.78, 5) is 14.7. The highest BCUT2D eigenvalue weighted by Gasteiger charge is 2.41. The standard InChI is InChI=1S/C7H9NO3/c1-4-2-8-3-5-6(4)11-7(9)10-5/h2,4-6H,3H2,1H3. The third-order valence-corrected chi connectivity index (χ3v) is 1.99. The second kappa shape index (κ2) is 2.22. The molecule has 11 heavy (non-hydrogen) atoms. The van der Waals surface area contributed by atoms with Gasteiger partial charge in [0.1, 0.15) is 0 Å². The van der Waals surface area contributed by atoms with Crippen molar-refractivity contribution in [1.82, 2.24) is 0 Å². The van der Waals surface area contributed by atoms with Crippen molar-refractivity contribution < 1.29 is 14.3 Å². The molecule has 0 saturated carbocycles. The topological polar surface area (TPSA) is 47.9 Å². The molecule has 1 fully saturated rings. The molecule has 0 aromatic rings. The Morgan fingerprint density at radius 2 is 2.45 bits per heavy atom. The summed E-state index contributed by atoms with van der Waals surface area (Å²) in [5, 5.41) is 0. The maximum atomic E-state index is 10.7. The fourth-order valence-electron chi connectivity index (χ4n) is 1.41. The Balaban J connectivity index is 2.17. The summed E-state index contributed by atoms with van der Waals surface area (Å²) in [6.07, 6.45) is 0.989. The zero-order valence-electron chi connectivity index (χ0n) is 6.19. The molecule has 0 spiro atoms. The summed E-state index contributed by atoms with van der Waals surface area (Å²) in [6.45, 7) is 2.50. The molecule has 1 saturated heterocycles. The predicted molar refractivity (Wildman–Crippen MR) is 37.7 cm³/mol. The highest BCUT2D eigenvalue weighted by atomic mass is 16.8. The van der Waals surface area contributed by atoms with Gasteiger partial charge in [0.15, 0.2) is 12.2 Å². The van der Waals surface area contributed by atoms with Crippen LogP contribution >= 0.6 is 0 Å². The van der Waals surface area contributed by atoms with E-state index in [-0.39, 0.29) is 18.1 Å². The van der Waals surface area contributed by atoms with Crippen LogP contribution in [0.4, 0.5) is 4.79 Å². The largest absolute Gasteiger partial charge is 0.509 e. The van der Waals surface area contributed by atoms with Gasteiger partial charge in [-0.1, -0.05) is 6.92 Å². The van der Waals surface area contributed by atoms with Crippen LogP contribution in [0.3, 0.4) is 0 Å². The van der Waals surface area contributed by atoms with Crippen molar-refractivity contribution in [2.45, 2.75) is 19.1 Å². The molecular weight excluding hydrogens is 146 g/mol. The molecule has 60 valence electrons. The zero-order chi connectivity index (χ0) is 7.84. The van der Waals surface area contributed by atoms with Gasteiger partial charge in [0.05, 0.1) is 6.54 Å². The molecule has 2 heterocycles.